The molecule has 4 atom stereocenters. The molecule has 194 valence electrons. The molecule has 8 heteroatoms. The molecule has 3 aromatic carbocycles. The molecule has 4 aromatic rings. The van der Waals surface area contributed by atoms with Crippen LogP contribution in [0.2, 0.25) is 0 Å². The maximum Gasteiger partial charge on any atom is 0.322 e. The highest BCUT2D eigenvalue weighted by molar-refractivity contribution is 6.04. The average molecular weight is 510 g/mol. The SMILES string of the molecule is CC(NC1CCC[C@H](c2ccc(-c3noc(CC4NC(=O)NC4=O)n3)cc2)C1)c1cccc2ccccc12. The summed E-state index contributed by atoms with van der Waals surface area (Å²) in [6.07, 6.45) is 4.84. The molecule has 1 aromatic heterocycles. The Balaban J connectivity index is 1.09. The Morgan fingerprint density at radius 3 is 2.66 bits per heavy atom. The molecule has 2 heterocycles. The van der Waals surface area contributed by atoms with Gasteiger partial charge in [-0.1, -0.05) is 78.3 Å². The number of carbonyl (C=O) groups excluding carboxylic acids is 2. The van der Waals surface area contributed by atoms with Crippen molar-refractivity contribution in [3.63, 3.8) is 0 Å². The van der Waals surface area contributed by atoms with Crippen LogP contribution in [0.25, 0.3) is 22.2 Å². The minimum Gasteiger partial charge on any atom is -0.339 e. The van der Waals surface area contributed by atoms with Gasteiger partial charge in [0.2, 0.25) is 11.7 Å². The van der Waals surface area contributed by atoms with E-state index in [0.29, 0.717) is 23.7 Å². The molecule has 38 heavy (non-hydrogen) atoms. The lowest BCUT2D eigenvalue weighted by Gasteiger charge is -2.32. The number of nitrogens with zero attached hydrogens (tertiary/aromatic N) is 2. The predicted octanol–water partition coefficient (Wildman–Crippen LogP) is 5.02. The van der Waals surface area contributed by atoms with Gasteiger partial charge in [0.05, 0.1) is 6.42 Å². The van der Waals surface area contributed by atoms with Crippen LogP contribution in [0.4, 0.5) is 4.79 Å². The third kappa shape index (κ3) is 5.04. The van der Waals surface area contributed by atoms with Gasteiger partial charge in [0.15, 0.2) is 0 Å². The molecule has 1 aliphatic heterocycles. The van der Waals surface area contributed by atoms with Gasteiger partial charge in [0.1, 0.15) is 6.04 Å². The van der Waals surface area contributed by atoms with E-state index in [1.807, 2.05) is 12.1 Å². The largest absolute Gasteiger partial charge is 0.339 e. The number of amides is 3. The first-order chi connectivity index (χ1) is 18.5. The first-order valence-electron chi connectivity index (χ1n) is 13.3. The highest BCUT2D eigenvalue weighted by Crippen LogP contribution is 2.35. The lowest BCUT2D eigenvalue weighted by Crippen LogP contribution is -2.35. The number of imide groups is 1. The number of aromatic nitrogens is 2. The molecule has 3 amide bonds. The van der Waals surface area contributed by atoms with Gasteiger partial charge in [-0.2, -0.15) is 4.98 Å². The topological polar surface area (TPSA) is 109 Å². The van der Waals surface area contributed by atoms with Crippen molar-refractivity contribution in [2.45, 2.75) is 63.1 Å². The first-order valence-corrected chi connectivity index (χ1v) is 13.3. The van der Waals surface area contributed by atoms with Crippen LogP contribution in [0, 0.1) is 0 Å². The van der Waals surface area contributed by atoms with Gasteiger partial charge in [0.25, 0.3) is 5.91 Å². The number of nitrogens with one attached hydrogen (secondary N) is 3. The van der Waals surface area contributed by atoms with Crippen LogP contribution in [-0.2, 0) is 11.2 Å². The Kier molecular flexibility index (Phi) is 6.64. The van der Waals surface area contributed by atoms with Crippen molar-refractivity contribution < 1.29 is 14.1 Å². The molecule has 1 saturated heterocycles. The number of benzene rings is 3. The third-order valence-electron chi connectivity index (χ3n) is 7.80. The molecular weight excluding hydrogens is 478 g/mol. The highest BCUT2D eigenvalue weighted by Gasteiger charge is 2.31. The summed E-state index contributed by atoms with van der Waals surface area (Å²) in [6, 6.07) is 23.1. The Bertz CT molecular complexity index is 1460. The van der Waals surface area contributed by atoms with E-state index in [1.165, 1.54) is 41.2 Å². The zero-order valence-electron chi connectivity index (χ0n) is 21.3. The van der Waals surface area contributed by atoms with Crippen molar-refractivity contribution in [1.82, 2.24) is 26.1 Å². The fourth-order valence-corrected chi connectivity index (χ4v) is 5.85. The molecule has 8 nitrogen and oxygen atoms in total. The van der Waals surface area contributed by atoms with Crippen LogP contribution in [0.3, 0.4) is 0 Å². The molecule has 0 bridgehead atoms. The Morgan fingerprint density at radius 2 is 1.84 bits per heavy atom. The van der Waals surface area contributed by atoms with E-state index in [1.54, 1.807) is 0 Å². The van der Waals surface area contributed by atoms with Gasteiger partial charge < -0.3 is 15.2 Å². The molecular formula is C30H31N5O3. The van der Waals surface area contributed by atoms with Crippen LogP contribution in [0.1, 0.15) is 61.6 Å². The van der Waals surface area contributed by atoms with Crippen molar-refractivity contribution in [3.8, 4) is 11.4 Å². The second-order valence-corrected chi connectivity index (χ2v) is 10.4. The van der Waals surface area contributed by atoms with E-state index in [-0.39, 0.29) is 18.4 Å². The summed E-state index contributed by atoms with van der Waals surface area (Å²) in [5.74, 6) is 0.905. The van der Waals surface area contributed by atoms with Gasteiger partial charge in [-0.15, -0.1) is 0 Å². The van der Waals surface area contributed by atoms with Crippen molar-refractivity contribution in [1.29, 1.82) is 0 Å². The number of urea groups is 1. The fraction of sp³-hybridized carbons (Fsp3) is 0.333. The zero-order chi connectivity index (χ0) is 26.1. The highest BCUT2D eigenvalue weighted by atomic mass is 16.5. The van der Waals surface area contributed by atoms with E-state index in [9.17, 15) is 9.59 Å². The molecule has 1 saturated carbocycles. The molecule has 2 aliphatic rings. The third-order valence-corrected chi connectivity index (χ3v) is 7.80. The lowest BCUT2D eigenvalue weighted by molar-refractivity contribution is -0.120. The fourth-order valence-electron chi connectivity index (χ4n) is 5.85. The molecule has 3 unspecified atom stereocenters. The number of rotatable bonds is 7. The van der Waals surface area contributed by atoms with Crippen LogP contribution < -0.4 is 16.0 Å². The smallest absolute Gasteiger partial charge is 0.322 e. The quantitative estimate of drug-likeness (QED) is 0.302. The Labute approximate surface area is 221 Å². The van der Waals surface area contributed by atoms with Crippen molar-refractivity contribution in [2.24, 2.45) is 0 Å². The van der Waals surface area contributed by atoms with Crippen molar-refractivity contribution >= 4 is 22.7 Å². The standard InChI is InChI=1S/C30H31N5O3/c1-18(24-11-5-7-20-6-2-3-10-25(20)24)31-23-9-4-8-22(16-23)19-12-14-21(15-13-19)28-33-27(38-35-28)17-26-29(36)34-30(37)32-26/h2-3,5-7,10-15,18,22-23,26,31H,4,8-9,16-17H2,1H3,(H2,32,34,36,37)/t18?,22-,23?,26?/m0/s1. The molecule has 1 aliphatic carbocycles. The van der Waals surface area contributed by atoms with E-state index in [2.05, 4.69) is 87.6 Å². The summed E-state index contributed by atoms with van der Waals surface area (Å²) in [4.78, 5) is 27.5. The second kappa shape index (κ2) is 10.4. The zero-order valence-corrected chi connectivity index (χ0v) is 21.3. The maximum absolute atomic E-state index is 11.8. The van der Waals surface area contributed by atoms with Gasteiger partial charge in [-0.25, -0.2) is 4.79 Å². The minimum atomic E-state index is -0.686. The van der Waals surface area contributed by atoms with Crippen LogP contribution in [-0.4, -0.2) is 34.2 Å². The summed E-state index contributed by atoms with van der Waals surface area (Å²) in [7, 11) is 0. The minimum absolute atomic E-state index is 0.163. The van der Waals surface area contributed by atoms with E-state index in [4.69, 9.17) is 4.52 Å². The molecule has 2 fully saturated rings. The summed E-state index contributed by atoms with van der Waals surface area (Å²) in [6.45, 7) is 2.27. The van der Waals surface area contributed by atoms with Gasteiger partial charge in [-0.3, -0.25) is 10.1 Å². The summed E-state index contributed by atoms with van der Waals surface area (Å²) in [5.41, 5.74) is 3.54. The van der Waals surface area contributed by atoms with Crippen LogP contribution >= 0.6 is 0 Å². The van der Waals surface area contributed by atoms with Crippen molar-refractivity contribution in [2.75, 3.05) is 0 Å². The number of hydrogen-bond acceptors (Lipinski definition) is 6. The van der Waals surface area contributed by atoms with Gasteiger partial charge in [-0.05, 0) is 54.0 Å². The normalized spacial score (nSPS) is 22.3. The Morgan fingerprint density at radius 1 is 1.03 bits per heavy atom. The van der Waals surface area contributed by atoms with Crippen LogP contribution in [0.15, 0.2) is 71.3 Å². The maximum atomic E-state index is 11.8. The second-order valence-electron chi connectivity index (χ2n) is 10.4. The molecule has 3 N–H and O–H groups in total. The molecule has 0 radical (unpaired) electrons. The predicted molar refractivity (Wildman–Crippen MR) is 144 cm³/mol. The van der Waals surface area contributed by atoms with E-state index in [0.717, 1.165) is 12.0 Å². The molecule has 0 spiro atoms. The monoisotopic (exact) mass is 509 g/mol. The van der Waals surface area contributed by atoms with E-state index >= 15 is 0 Å². The summed E-state index contributed by atoms with van der Waals surface area (Å²) < 4.78 is 5.32. The van der Waals surface area contributed by atoms with Gasteiger partial charge in [0, 0.05) is 17.6 Å². The van der Waals surface area contributed by atoms with Crippen LogP contribution in [0.5, 0.6) is 0 Å². The number of carbonyl (C=O) groups is 2. The summed E-state index contributed by atoms with van der Waals surface area (Å²) in [5, 5.41) is 15.3. The molecule has 6 rings (SSSR count). The number of hydrogen-bond donors (Lipinski definition) is 3. The van der Waals surface area contributed by atoms with E-state index < -0.39 is 12.1 Å². The van der Waals surface area contributed by atoms with Gasteiger partial charge >= 0.3 is 6.03 Å². The summed E-state index contributed by atoms with van der Waals surface area (Å²) >= 11 is 0. The first kappa shape index (κ1) is 24.3. The lowest BCUT2D eigenvalue weighted by atomic mass is 9.80. The average Bonchev–Trinajstić information content (AvgIpc) is 3.54. The van der Waals surface area contributed by atoms with Crippen molar-refractivity contribution in [3.05, 3.63) is 83.7 Å². The number of fused-ring (bicyclic) bond motifs is 1. The Hall–Kier alpha value is -4.04.